The van der Waals surface area contributed by atoms with Crippen molar-refractivity contribution in [1.82, 2.24) is 24.9 Å². The molecule has 0 saturated heterocycles. The van der Waals surface area contributed by atoms with Gasteiger partial charge in [-0.15, -0.1) is 5.10 Å². The molecule has 10 heteroatoms. The summed E-state index contributed by atoms with van der Waals surface area (Å²) in [6.45, 7) is 3.62. The number of fused-ring (bicyclic) bond motifs is 3. The molecule has 1 unspecified atom stereocenters. The molecule has 7 nitrogen and oxygen atoms in total. The molecule has 1 amide bonds. The van der Waals surface area contributed by atoms with Crippen LogP contribution in [0.2, 0.25) is 0 Å². The van der Waals surface area contributed by atoms with Crippen molar-refractivity contribution in [2.75, 3.05) is 6.61 Å². The van der Waals surface area contributed by atoms with E-state index in [-0.39, 0.29) is 24.5 Å². The summed E-state index contributed by atoms with van der Waals surface area (Å²) >= 11 is 0. The van der Waals surface area contributed by atoms with E-state index >= 15 is 0 Å². The first-order valence-corrected chi connectivity index (χ1v) is 10.0. The van der Waals surface area contributed by atoms with Crippen LogP contribution in [0.3, 0.4) is 0 Å². The zero-order valence-corrected chi connectivity index (χ0v) is 17.7. The van der Waals surface area contributed by atoms with Crippen molar-refractivity contribution >= 4 is 28.0 Å². The van der Waals surface area contributed by atoms with Gasteiger partial charge in [-0.2, -0.15) is 13.2 Å². The van der Waals surface area contributed by atoms with Gasteiger partial charge in [0.1, 0.15) is 5.52 Å². The molecule has 2 aromatic carbocycles. The maximum absolute atomic E-state index is 13.0. The molecule has 4 rings (SSSR count). The molecule has 2 N–H and O–H groups in total. The highest BCUT2D eigenvalue weighted by Gasteiger charge is 2.30. The Kier molecular flexibility index (Phi) is 5.41. The monoisotopic (exact) mass is 445 g/mol. The third-order valence-corrected chi connectivity index (χ3v) is 5.53. The summed E-state index contributed by atoms with van der Waals surface area (Å²) in [5, 5.41) is 21.2. The summed E-state index contributed by atoms with van der Waals surface area (Å²) < 4.78 is 42.2. The third-order valence-electron chi connectivity index (χ3n) is 5.53. The van der Waals surface area contributed by atoms with E-state index in [0.717, 1.165) is 12.1 Å². The smallest absolute Gasteiger partial charge is 0.394 e. The fraction of sp³-hybridized carbons (Fsp3) is 0.318. The number of nitrogens with one attached hydrogen (secondary N) is 1. The zero-order valence-electron chi connectivity index (χ0n) is 17.7. The Morgan fingerprint density at radius 2 is 1.84 bits per heavy atom. The minimum atomic E-state index is -4.43. The lowest BCUT2D eigenvalue weighted by Gasteiger charge is -2.19. The third kappa shape index (κ3) is 3.70. The average Bonchev–Trinajstić information content (AvgIpc) is 3.28. The molecule has 0 aliphatic rings. The van der Waals surface area contributed by atoms with Crippen LogP contribution < -0.4 is 5.32 Å². The Bertz CT molecular complexity index is 1290. The standard InChI is InChI=1S/C22H22F3N5O2/c1-12(2)17(11-31)26-20(32)13-4-9-18-16(10-13)19-21(29(3)28-27-19)30(18)15-7-5-14(6-8-15)22(23,24)25/h4-10,12,17,31H,11H2,1-3H3,(H,26,32). The molecule has 0 radical (unpaired) electrons. The quantitative estimate of drug-likeness (QED) is 0.491. The molecule has 32 heavy (non-hydrogen) atoms. The van der Waals surface area contributed by atoms with Gasteiger partial charge in [-0.1, -0.05) is 19.1 Å². The molecule has 0 bridgehead atoms. The van der Waals surface area contributed by atoms with E-state index in [4.69, 9.17) is 0 Å². The van der Waals surface area contributed by atoms with Crippen molar-refractivity contribution < 1.29 is 23.1 Å². The normalized spacial score (nSPS) is 13.2. The van der Waals surface area contributed by atoms with Gasteiger partial charge in [0.05, 0.1) is 23.7 Å². The predicted molar refractivity (Wildman–Crippen MR) is 114 cm³/mol. The average molecular weight is 445 g/mol. The number of aliphatic hydroxyl groups is 1. The molecule has 0 saturated carbocycles. The minimum absolute atomic E-state index is 0.0557. The van der Waals surface area contributed by atoms with Crippen LogP contribution in [0, 0.1) is 5.92 Å². The van der Waals surface area contributed by atoms with E-state index in [2.05, 4.69) is 15.6 Å². The first-order chi connectivity index (χ1) is 15.1. The highest BCUT2D eigenvalue weighted by atomic mass is 19.4. The van der Waals surface area contributed by atoms with Gasteiger partial charge in [-0.3, -0.25) is 9.36 Å². The number of hydrogen-bond donors (Lipinski definition) is 2. The second-order valence-corrected chi connectivity index (χ2v) is 8.00. The van der Waals surface area contributed by atoms with E-state index in [0.29, 0.717) is 33.3 Å². The van der Waals surface area contributed by atoms with Crippen molar-refractivity contribution in [2.24, 2.45) is 13.0 Å². The highest BCUT2D eigenvalue weighted by molar-refractivity contribution is 6.09. The molecule has 0 aliphatic carbocycles. The number of benzene rings is 2. The van der Waals surface area contributed by atoms with Crippen LogP contribution in [0.1, 0.15) is 29.8 Å². The van der Waals surface area contributed by atoms with Crippen LogP contribution in [-0.4, -0.2) is 43.2 Å². The van der Waals surface area contributed by atoms with Gasteiger partial charge >= 0.3 is 6.18 Å². The van der Waals surface area contributed by atoms with E-state index < -0.39 is 11.7 Å². The molecule has 168 valence electrons. The second kappa shape index (κ2) is 7.94. The molecular weight excluding hydrogens is 423 g/mol. The lowest BCUT2D eigenvalue weighted by Crippen LogP contribution is -2.41. The maximum atomic E-state index is 13.0. The van der Waals surface area contributed by atoms with Crippen LogP contribution in [-0.2, 0) is 13.2 Å². The molecular formula is C22H22F3N5O2. The second-order valence-electron chi connectivity index (χ2n) is 8.00. The number of hydrogen-bond acceptors (Lipinski definition) is 4. The summed E-state index contributed by atoms with van der Waals surface area (Å²) in [4.78, 5) is 12.7. The van der Waals surface area contributed by atoms with E-state index in [1.807, 2.05) is 13.8 Å². The molecule has 0 spiro atoms. The number of alkyl halides is 3. The first-order valence-electron chi connectivity index (χ1n) is 10.0. The Labute approximate surface area is 181 Å². The number of amides is 1. The molecule has 0 fully saturated rings. The number of aryl methyl sites for hydroxylation is 1. The zero-order chi connectivity index (χ0) is 23.2. The van der Waals surface area contributed by atoms with Gasteiger partial charge in [0, 0.05) is 23.7 Å². The van der Waals surface area contributed by atoms with E-state index in [1.165, 1.54) is 16.8 Å². The predicted octanol–water partition coefficient (Wildman–Crippen LogP) is 3.68. The number of aliphatic hydroxyl groups excluding tert-OH is 1. The lowest BCUT2D eigenvalue weighted by molar-refractivity contribution is -0.137. The number of aromatic nitrogens is 4. The lowest BCUT2D eigenvalue weighted by atomic mass is 10.0. The first kappa shape index (κ1) is 21.8. The summed E-state index contributed by atoms with van der Waals surface area (Å²) in [5.74, 6) is -0.279. The Balaban J connectivity index is 1.83. The summed E-state index contributed by atoms with van der Waals surface area (Å²) in [6, 6.07) is 9.50. The van der Waals surface area contributed by atoms with Gasteiger partial charge < -0.3 is 10.4 Å². The van der Waals surface area contributed by atoms with Crippen LogP contribution in [0.4, 0.5) is 13.2 Å². The Morgan fingerprint density at radius 1 is 1.16 bits per heavy atom. The van der Waals surface area contributed by atoms with Crippen molar-refractivity contribution in [3.63, 3.8) is 0 Å². The minimum Gasteiger partial charge on any atom is -0.394 e. The fourth-order valence-electron chi connectivity index (χ4n) is 3.69. The van der Waals surface area contributed by atoms with Crippen LogP contribution >= 0.6 is 0 Å². The summed E-state index contributed by atoms with van der Waals surface area (Å²) in [7, 11) is 1.69. The van der Waals surface area contributed by atoms with E-state index in [1.54, 1.807) is 29.8 Å². The largest absolute Gasteiger partial charge is 0.416 e. The number of carbonyl (C=O) groups is 1. The molecule has 4 aromatic rings. The van der Waals surface area contributed by atoms with Gasteiger partial charge in [-0.05, 0) is 48.4 Å². The van der Waals surface area contributed by atoms with Crippen molar-refractivity contribution in [2.45, 2.75) is 26.1 Å². The Morgan fingerprint density at radius 3 is 2.44 bits per heavy atom. The van der Waals surface area contributed by atoms with Crippen molar-refractivity contribution in [3.8, 4) is 5.69 Å². The van der Waals surface area contributed by atoms with Gasteiger partial charge in [-0.25, -0.2) is 4.68 Å². The number of halogens is 3. The number of nitrogens with zero attached hydrogens (tertiary/aromatic N) is 4. The maximum Gasteiger partial charge on any atom is 0.416 e. The topological polar surface area (TPSA) is 85.0 Å². The van der Waals surface area contributed by atoms with Crippen LogP contribution in [0.25, 0.3) is 27.8 Å². The SMILES string of the molecule is CC(C)C(CO)NC(=O)c1ccc2c(c1)c1nnn(C)c1n2-c1ccc(C(F)(F)F)cc1. The summed E-state index contributed by atoms with van der Waals surface area (Å²) in [6.07, 6.45) is -4.43. The van der Waals surface area contributed by atoms with Crippen molar-refractivity contribution in [1.29, 1.82) is 0 Å². The fourth-order valence-corrected chi connectivity index (χ4v) is 3.69. The number of carbonyl (C=O) groups excluding carboxylic acids is 1. The highest BCUT2D eigenvalue weighted by Crippen LogP contribution is 2.33. The molecule has 0 aliphatic heterocycles. The van der Waals surface area contributed by atoms with Gasteiger partial charge in [0.15, 0.2) is 5.65 Å². The molecule has 2 aromatic heterocycles. The van der Waals surface area contributed by atoms with Crippen LogP contribution in [0.15, 0.2) is 42.5 Å². The summed E-state index contributed by atoms with van der Waals surface area (Å²) in [5.41, 5.74) is 1.96. The molecule has 1 atom stereocenters. The Hall–Kier alpha value is -3.40. The van der Waals surface area contributed by atoms with Crippen LogP contribution in [0.5, 0.6) is 0 Å². The van der Waals surface area contributed by atoms with Gasteiger partial charge in [0.25, 0.3) is 5.91 Å². The number of rotatable bonds is 5. The van der Waals surface area contributed by atoms with Gasteiger partial charge in [0.2, 0.25) is 0 Å². The van der Waals surface area contributed by atoms with E-state index in [9.17, 15) is 23.1 Å². The van der Waals surface area contributed by atoms with Crippen molar-refractivity contribution in [3.05, 3.63) is 53.6 Å². The molecule has 2 heterocycles.